The summed E-state index contributed by atoms with van der Waals surface area (Å²) in [5.41, 5.74) is 3.23. The SMILES string of the molecule is Cc1ccc(CNC(C)(C)CC(C)(C)C)cc1. The van der Waals surface area contributed by atoms with Crippen LogP contribution in [0.3, 0.4) is 0 Å². The monoisotopic (exact) mass is 233 g/mol. The highest BCUT2D eigenvalue weighted by Crippen LogP contribution is 2.26. The Labute approximate surface area is 107 Å². The van der Waals surface area contributed by atoms with Crippen molar-refractivity contribution in [2.75, 3.05) is 0 Å². The average molecular weight is 233 g/mol. The minimum atomic E-state index is 0.184. The van der Waals surface area contributed by atoms with Crippen molar-refractivity contribution in [2.24, 2.45) is 5.41 Å². The summed E-state index contributed by atoms with van der Waals surface area (Å²) in [5, 5.41) is 3.65. The molecule has 1 nitrogen and oxygen atoms in total. The zero-order valence-corrected chi connectivity index (χ0v) is 12.2. The molecule has 0 aliphatic carbocycles. The maximum atomic E-state index is 3.65. The molecule has 0 heterocycles. The molecule has 1 N–H and O–H groups in total. The molecule has 1 rings (SSSR count). The first-order chi connectivity index (χ1) is 7.68. The van der Waals surface area contributed by atoms with Gasteiger partial charge in [-0.15, -0.1) is 0 Å². The summed E-state index contributed by atoms with van der Waals surface area (Å²) in [4.78, 5) is 0. The molecule has 0 unspecified atom stereocenters. The van der Waals surface area contributed by atoms with Crippen molar-refractivity contribution >= 4 is 0 Å². The lowest BCUT2D eigenvalue weighted by molar-refractivity contribution is 0.241. The first-order valence-electron chi connectivity index (χ1n) is 6.49. The Morgan fingerprint density at radius 2 is 1.47 bits per heavy atom. The van der Waals surface area contributed by atoms with E-state index >= 15 is 0 Å². The summed E-state index contributed by atoms with van der Waals surface area (Å²) in [5.74, 6) is 0. The van der Waals surface area contributed by atoms with Crippen molar-refractivity contribution in [1.29, 1.82) is 0 Å². The van der Waals surface area contributed by atoms with Crippen molar-refractivity contribution < 1.29 is 0 Å². The van der Waals surface area contributed by atoms with Crippen LogP contribution in [-0.4, -0.2) is 5.54 Å². The molecule has 0 aliphatic heterocycles. The Balaban J connectivity index is 2.52. The number of hydrogen-bond donors (Lipinski definition) is 1. The van der Waals surface area contributed by atoms with Gasteiger partial charge in [0.05, 0.1) is 0 Å². The fourth-order valence-corrected chi connectivity index (χ4v) is 2.44. The maximum Gasteiger partial charge on any atom is 0.0210 e. The third-order valence-electron chi connectivity index (χ3n) is 2.86. The van der Waals surface area contributed by atoms with E-state index in [9.17, 15) is 0 Å². The van der Waals surface area contributed by atoms with Gasteiger partial charge >= 0.3 is 0 Å². The zero-order chi connectivity index (χ0) is 13.1. The van der Waals surface area contributed by atoms with Crippen LogP contribution in [0, 0.1) is 12.3 Å². The van der Waals surface area contributed by atoms with Crippen LogP contribution in [0.5, 0.6) is 0 Å². The molecule has 0 radical (unpaired) electrons. The molecule has 1 aromatic carbocycles. The number of benzene rings is 1. The van der Waals surface area contributed by atoms with Crippen molar-refractivity contribution in [1.82, 2.24) is 5.32 Å². The van der Waals surface area contributed by atoms with Crippen LogP contribution in [0.25, 0.3) is 0 Å². The van der Waals surface area contributed by atoms with Crippen molar-refractivity contribution in [3.8, 4) is 0 Å². The Hall–Kier alpha value is -0.820. The fraction of sp³-hybridized carbons (Fsp3) is 0.625. The molecule has 0 saturated heterocycles. The lowest BCUT2D eigenvalue weighted by atomic mass is 9.82. The molecule has 1 aromatic rings. The molecule has 0 fully saturated rings. The van der Waals surface area contributed by atoms with E-state index < -0.39 is 0 Å². The second-order valence-electron chi connectivity index (χ2n) is 6.96. The molecule has 0 amide bonds. The second-order valence-corrected chi connectivity index (χ2v) is 6.96. The Kier molecular flexibility index (Phi) is 4.37. The molecule has 17 heavy (non-hydrogen) atoms. The Morgan fingerprint density at radius 3 is 1.94 bits per heavy atom. The van der Waals surface area contributed by atoms with Crippen LogP contribution >= 0.6 is 0 Å². The first kappa shape index (κ1) is 14.2. The number of rotatable bonds is 4. The normalized spacial score (nSPS) is 12.8. The van der Waals surface area contributed by atoms with Gasteiger partial charge < -0.3 is 5.32 Å². The molecule has 0 spiro atoms. The number of nitrogens with one attached hydrogen (secondary N) is 1. The molecule has 0 saturated carbocycles. The van der Waals surface area contributed by atoms with E-state index in [1.165, 1.54) is 17.5 Å². The van der Waals surface area contributed by atoms with Gasteiger partial charge in [-0.3, -0.25) is 0 Å². The third kappa shape index (κ3) is 5.88. The van der Waals surface area contributed by atoms with Gasteiger partial charge in [0.1, 0.15) is 0 Å². The average Bonchev–Trinajstić information content (AvgIpc) is 2.13. The first-order valence-corrected chi connectivity index (χ1v) is 6.49. The fourth-order valence-electron chi connectivity index (χ4n) is 2.44. The highest BCUT2D eigenvalue weighted by Gasteiger charge is 2.24. The van der Waals surface area contributed by atoms with Crippen molar-refractivity contribution in [2.45, 2.75) is 60.0 Å². The van der Waals surface area contributed by atoms with Gasteiger partial charge in [-0.05, 0) is 38.2 Å². The van der Waals surface area contributed by atoms with E-state index in [1.807, 2.05) is 0 Å². The van der Waals surface area contributed by atoms with E-state index in [-0.39, 0.29) is 5.54 Å². The Bertz CT molecular complexity index is 341. The maximum absolute atomic E-state index is 3.65. The van der Waals surface area contributed by atoms with Crippen LogP contribution in [-0.2, 0) is 6.54 Å². The summed E-state index contributed by atoms with van der Waals surface area (Å²) in [6.45, 7) is 14.5. The van der Waals surface area contributed by atoms with E-state index in [2.05, 4.69) is 71.1 Å². The summed E-state index contributed by atoms with van der Waals surface area (Å²) < 4.78 is 0. The third-order valence-corrected chi connectivity index (χ3v) is 2.86. The van der Waals surface area contributed by atoms with Gasteiger partial charge in [0, 0.05) is 12.1 Å². The predicted molar refractivity (Wildman–Crippen MR) is 76.2 cm³/mol. The van der Waals surface area contributed by atoms with Crippen LogP contribution < -0.4 is 5.32 Å². The van der Waals surface area contributed by atoms with Crippen molar-refractivity contribution in [3.63, 3.8) is 0 Å². The topological polar surface area (TPSA) is 12.0 Å². The van der Waals surface area contributed by atoms with Gasteiger partial charge in [0.2, 0.25) is 0 Å². The summed E-state index contributed by atoms with van der Waals surface area (Å²) in [6, 6.07) is 8.76. The summed E-state index contributed by atoms with van der Waals surface area (Å²) >= 11 is 0. The quantitative estimate of drug-likeness (QED) is 0.817. The molecule has 1 heteroatoms. The lowest BCUT2D eigenvalue weighted by Gasteiger charge is -2.33. The number of aryl methyl sites for hydroxylation is 1. The highest BCUT2D eigenvalue weighted by molar-refractivity contribution is 5.21. The smallest absolute Gasteiger partial charge is 0.0210 e. The van der Waals surface area contributed by atoms with Crippen molar-refractivity contribution in [3.05, 3.63) is 35.4 Å². The largest absolute Gasteiger partial charge is 0.308 e. The van der Waals surface area contributed by atoms with Gasteiger partial charge in [-0.25, -0.2) is 0 Å². The predicted octanol–water partition coefficient (Wildman–Crippen LogP) is 4.30. The summed E-state index contributed by atoms with van der Waals surface area (Å²) in [6.07, 6.45) is 1.17. The molecule has 0 aliphatic rings. The lowest BCUT2D eigenvalue weighted by Crippen LogP contribution is -2.41. The van der Waals surface area contributed by atoms with Gasteiger partial charge in [-0.2, -0.15) is 0 Å². The van der Waals surface area contributed by atoms with Crippen LogP contribution in [0.15, 0.2) is 24.3 Å². The molecule has 96 valence electrons. The van der Waals surface area contributed by atoms with Crippen LogP contribution in [0.1, 0.15) is 52.2 Å². The highest BCUT2D eigenvalue weighted by atomic mass is 14.9. The molecule has 0 bridgehead atoms. The van der Waals surface area contributed by atoms with E-state index in [1.54, 1.807) is 0 Å². The minimum absolute atomic E-state index is 0.184. The van der Waals surface area contributed by atoms with Gasteiger partial charge in [0.25, 0.3) is 0 Å². The molecule has 0 aromatic heterocycles. The minimum Gasteiger partial charge on any atom is -0.308 e. The summed E-state index contributed by atoms with van der Waals surface area (Å²) in [7, 11) is 0. The van der Waals surface area contributed by atoms with Crippen LogP contribution in [0.2, 0.25) is 0 Å². The number of hydrogen-bond acceptors (Lipinski definition) is 1. The molecular weight excluding hydrogens is 206 g/mol. The zero-order valence-electron chi connectivity index (χ0n) is 12.2. The molecule has 0 atom stereocenters. The van der Waals surface area contributed by atoms with E-state index in [0.717, 1.165) is 6.54 Å². The van der Waals surface area contributed by atoms with E-state index in [4.69, 9.17) is 0 Å². The van der Waals surface area contributed by atoms with E-state index in [0.29, 0.717) is 5.41 Å². The van der Waals surface area contributed by atoms with Gasteiger partial charge in [0.15, 0.2) is 0 Å². The standard InChI is InChI=1S/C16H27N/c1-13-7-9-14(10-8-13)11-17-16(5,6)12-15(2,3)4/h7-10,17H,11-12H2,1-6H3. The van der Waals surface area contributed by atoms with Crippen LogP contribution in [0.4, 0.5) is 0 Å². The Morgan fingerprint density at radius 1 is 0.941 bits per heavy atom. The molecular formula is C16H27N. The van der Waals surface area contributed by atoms with Gasteiger partial charge in [-0.1, -0.05) is 50.6 Å². The second kappa shape index (κ2) is 5.22.